The van der Waals surface area contributed by atoms with Crippen LogP contribution in [0.3, 0.4) is 0 Å². The summed E-state index contributed by atoms with van der Waals surface area (Å²) in [6, 6.07) is 22.4. The van der Waals surface area contributed by atoms with Gasteiger partial charge in [-0.2, -0.15) is 0 Å². The highest BCUT2D eigenvalue weighted by Gasteiger charge is 2.32. The van der Waals surface area contributed by atoms with Gasteiger partial charge in [0.05, 0.1) is 0 Å². The monoisotopic (exact) mass is 336 g/mol. The molecule has 1 fully saturated rings. The van der Waals surface area contributed by atoms with E-state index in [1.807, 2.05) is 0 Å². The number of benzene rings is 2. The van der Waals surface area contributed by atoms with E-state index in [0.717, 1.165) is 13.1 Å². The van der Waals surface area contributed by atoms with E-state index in [4.69, 9.17) is 5.73 Å². The molecule has 0 amide bonds. The highest BCUT2D eigenvalue weighted by molar-refractivity contribution is 5.17. The highest BCUT2D eigenvalue weighted by atomic mass is 15.2. The van der Waals surface area contributed by atoms with E-state index in [0.29, 0.717) is 12.0 Å². The molecular formula is C23H32N2. The lowest BCUT2D eigenvalue weighted by atomic mass is 9.75. The second-order valence-electron chi connectivity index (χ2n) is 8.20. The molecule has 0 spiro atoms. The third kappa shape index (κ3) is 5.17. The van der Waals surface area contributed by atoms with Crippen molar-refractivity contribution in [1.82, 2.24) is 4.90 Å². The van der Waals surface area contributed by atoms with E-state index < -0.39 is 0 Å². The van der Waals surface area contributed by atoms with Crippen LogP contribution in [0, 0.1) is 5.92 Å². The van der Waals surface area contributed by atoms with Crippen molar-refractivity contribution < 1.29 is 0 Å². The van der Waals surface area contributed by atoms with Gasteiger partial charge in [-0.3, -0.25) is 4.90 Å². The smallest absolute Gasteiger partial charge is 0.0240 e. The minimum atomic E-state index is -0.0470. The molecule has 1 aliphatic rings. The van der Waals surface area contributed by atoms with E-state index in [1.165, 1.54) is 36.8 Å². The van der Waals surface area contributed by atoms with E-state index >= 15 is 0 Å². The highest BCUT2D eigenvalue weighted by Crippen LogP contribution is 2.34. The van der Waals surface area contributed by atoms with Gasteiger partial charge in [-0.25, -0.2) is 0 Å². The van der Waals surface area contributed by atoms with Crippen LogP contribution in [-0.4, -0.2) is 16.5 Å². The first-order chi connectivity index (χ1) is 12.0. The molecule has 134 valence electrons. The Labute approximate surface area is 153 Å². The normalized spacial score (nSPS) is 21.4. The Morgan fingerprint density at radius 3 is 1.64 bits per heavy atom. The molecule has 0 heterocycles. The lowest BCUT2D eigenvalue weighted by molar-refractivity contribution is 0.103. The quantitative estimate of drug-likeness (QED) is 0.805. The molecule has 0 aliphatic heterocycles. The van der Waals surface area contributed by atoms with Crippen LogP contribution in [0.25, 0.3) is 0 Å². The molecule has 25 heavy (non-hydrogen) atoms. The lowest BCUT2D eigenvalue weighted by Crippen LogP contribution is -2.45. The van der Waals surface area contributed by atoms with Crippen molar-refractivity contribution in [3.8, 4) is 0 Å². The average Bonchev–Trinajstić information content (AvgIpc) is 2.62. The van der Waals surface area contributed by atoms with Crippen molar-refractivity contribution in [3.05, 3.63) is 71.8 Å². The van der Waals surface area contributed by atoms with Gasteiger partial charge in [-0.1, -0.05) is 60.7 Å². The topological polar surface area (TPSA) is 29.3 Å². The van der Waals surface area contributed by atoms with Crippen LogP contribution in [0.5, 0.6) is 0 Å². The number of hydrogen-bond acceptors (Lipinski definition) is 2. The molecule has 0 radical (unpaired) electrons. The molecule has 0 atom stereocenters. The van der Waals surface area contributed by atoms with Crippen LogP contribution in [0.2, 0.25) is 0 Å². The summed E-state index contributed by atoms with van der Waals surface area (Å²) in [6.45, 7) is 6.42. The van der Waals surface area contributed by atoms with Gasteiger partial charge < -0.3 is 5.73 Å². The first-order valence-electron chi connectivity index (χ1n) is 9.63. The van der Waals surface area contributed by atoms with Gasteiger partial charge >= 0.3 is 0 Å². The minimum Gasteiger partial charge on any atom is -0.325 e. The molecule has 3 rings (SSSR count). The molecule has 1 aliphatic carbocycles. The molecule has 2 nitrogen and oxygen atoms in total. The lowest BCUT2D eigenvalue weighted by Gasteiger charge is -2.41. The van der Waals surface area contributed by atoms with E-state index in [1.54, 1.807) is 0 Å². The predicted octanol–water partition coefficient (Wildman–Crippen LogP) is 4.98. The summed E-state index contributed by atoms with van der Waals surface area (Å²) in [5.41, 5.74) is 9.12. The fourth-order valence-corrected chi connectivity index (χ4v) is 4.13. The summed E-state index contributed by atoms with van der Waals surface area (Å²) >= 11 is 0. The van der Waals surface area contributed by atoms with Crippen LogP contribution in [0.15, 0.2) is 60.7 Å². The standard InChI is InChI=1S/C23H32N2/c1-23(2,24)21-13-15-22(16-14-21)25(17-19-9-5-3-6-10-19)18-20-11-7-4-8-12-20/h3-12,21-22H,13-18,24H2,1-2H3/t21-,22+. The maximum Gasteiger partial charge on any atom is 0.0240 e. The zero-order valence-corrected chi connectivity index (χ0v) is 15.7. The fourth-order valence-electron chi connectivity index (χ4n) is 4.13. The first kappa shape index (κ1) is 18.2. The summed E-state index contributed by atoms with van der Waals surface area (Å²) in [7, 11) is 0. The molecule has 2 heteroatoms. The average molecular weight is 337 g/mol. The van der Waals surface area contributed by atoms with Crippen molar-refractivity contribution >= 4 is 0 Å². The van der Waals surface area contributed by atoms with Crippen molar-refractivity contribution in [2.75, 3.05) is 0 Å². The molecular weight excluding hydrogens is 304 g/mol. The van der Waals surface area contributed by atoms with Crippen LogP contribution in [0.1, 0.15) is 50.7 Å². The Kier molecular flexibility index (Phi) is 5.93. The minimum absolute atomic E-state index is 0.0470. The van der Waals surface area contributed by atoms with Crippen LogP contribution in [0.4, 0.5) is 0 Å². The molecule has 0 unspecified atom stereocenters. The van der Waals surface area contributed by atoms with Crippen molar-refractivity contribution in [2.45, 2.75) is 64.2 Å². The SMILES string of the molecule is CC(C)(N)[C@H]1CC[C@@H](N(Cc2ccccc2)Cc2ccccc2)CC1. The number of nitrogens with two attached hydrogens (primary N) is 1. The molecule has 2 N–H and O–H groups in total. The van der Waals surface area contributed by atoms with Gasteiger partial charge in [0.2, 0.25) is 0 Å². The van der Waals surface area contributed by atoms with Crippen molar-refractivity contribution in [3.63, 3.8) is 0 Å². The largest absolute Gasteiger partial charge is 0.325 e. The Morgan fingerprint density at radius 2 is 1.24 bits per heavy atom. The molecule has 0 aromatic heterocycles. The zero-order valence-electron chi connectivity index (χ0n) is 15.7. The first-order valence-corrected chi connectivity index (χ1v) is 9.63. The van der Waals surface area contributed by atoms with E-state index in [-0.39, 0.29) is 5.54 Å². The summed E-state index contributed by atoms with van der Waals surface area (Å²) in [4.78, 5) is 2.67. The van der Waals surface area contributed by atoms with Gasteiger partial charge in [-0.15, -0.1) is 0 Å². The second-order valence-corrected chi connectivity index (χ2v) is 8.20. The third-order valence-electron chi connectivity index (χ3n) is 5.72. The number of hydrogen-bond donors (Lipinski definition) is 1. The Morgan fingerprint density at radius 1 is 0.800 bits per heavy atom. The Hall–Kier alpha value is -1.64. The third-order valence-corrected chi connectivity index (χ3v) is 5.72. The molecule has 1 saturated carbocycles. The molecule has 2 aromatic rings. The Balaban J connectivity index is 1.70. The van der Waals surface area contributed by atoms with E-state index in [2.05, 4.69) is 79.4 Å². The summed E-state index contributed by atoms with van der Waals surface area (Å²) in [5, 5.41) is 0. The summed E-state index contributed by atoms with van der Waals surface area (Å²) in [6.07, 6.45) is 5.00. The summed E-state index contributed by atoms with van der Waals surface area (Å²) < 4.78 is 0. The number of rotatable bonds is 6. The zero-order chi connectivity index (χ0) is 17.7. The summed E-state index contributed by atoms with van der Waals surface area (Å²) in [5.74, 6) is 0.652. The predicted molar refractivity (Wildman–Crippen MR) is 106 cm³/mol. The molecule has 2 aromatic carbocycles. The van der Waals surface area contributed by atoms with Gasteiger partial charge in [0.1, 0.15) is 0 Å². The van der Waals surface area contributed by atoms with Gasteiger partial charge in [-0.05, 0) is 56.6 Å². The van der Waals surface area contributed by atoms with Crippen LogP contribution in [-0.2, 0) is 13.1 Å². The molecule has 0 bridgehead atoms. The van der Waals surface area contributed by atoms with E-state index in [9.17, 15) is 0 Å². The second kappa shape index (κ2) is 8.16. The van der Waals surface area contributed by atoms with Crippen LogP contribution >= 0.6 is 0 Å². The van der Waals surface area contributed by atoms with Crippen molar-refractivity contribution in [2.24, 2.45) is 11.7 Å². The number of nitrogens with zero attached hydrogens (tertiary/aromatic N) is 1. The Bertz CT molecular complexity index is 581. The van der Waals surface area contributed by atoms with Gasteiger partial charge in [0.25, 0.3) is 0 Å². The molecule has 0 saturated heterocycles. The van der Waals surface area contributed by atoms with Crippen LogP contribution < -0.4 is 5.73 Å². The maximum atomic E-state index is 6.37. The fraction of sp³-hybridized carbons (Fsp3) is 0.478. The van der Waals surface area contributed by atoms with Gasteiger partial charge in [0, 0.05) is 24.7 Å². The maximum absolute atomic E-state index is 6.37. The van der Waals surface area contributed by atoms with Crippen molar-refractivity contribution in [1.29, 1.82) is 0 Å². The van der Waals surface area contributed by atoms with Gasteiger partial charge in [0.15, 0.2) is 0 Å².